The normalized spacial score (nSPS) is 23.1. The van der Waals surface area contributed by atoms with E-state index in [0.29, 0.717) is 12.8 Å². The first-order chi connectivity index (χ1) is 26.6. The molecule has 0 bridgehead atoms. The number of esters is 2. The average Bonchev–Trinajstić information content (AvgIpc) is 3.14. The van der Waals surface area contributed by atoms with Gasteiger partial charge in [-0.1, -0.05) is 129 Å². The third kappa shape index (κ3) is 25.8. The lowest BCUT2D eigenvalue weighted by atomic mass is 9.85. The minimum Gasteiger partial charge on any atom is -0.462 e. The first-order valence-electron chi connectivity index (χ1n) is 20.7. The molecule has 1 saturated carbocycles. The molecular weight excluding hydrogens is 794 g/mol. The number of hydrogen-bond donors (Lipinski definition) is 8. The summed E-state index contributed by atoms with van der Waals surface area (Å²) in [5.41, 5.74) is 0. The van der Waals surface area contributed by atoms with E-state index in [0.717, 1.165) is 63.5 Å². The number of thiol groups is 1. The van der Waals surface area contributed by atoms with Crippen LogP contribution in [0, 0.1) is 0 Å². The number of phosphoric ester groups is 2. The maximum atomic E-state index is 12.9. The van der Waals surface area contributed by atoms with Gasteiger partial charge in [0.05, 0.1) is 6.61 Å². The molecule has 1 aliphatic rings. The van der Waals surface area contributed by atoms with Crippen LogP contribution in [0.2, 0.25) is 0 Å². The van der Waals surface area contributed by atoms with E-state index >= 15 is 0 Å². The number of ether oxygens (including phenoxy) is 2. The first kappa shape index (κ1) is 53.4. The zero-order valence-corrected chi connectivity index (χ0v) is 36.0. The number of aliphatic hydroxyl groups is 4. The van der Waals surface area contributed by atoms with E-state index in [1.807, 2.05) is 0 Å². The Labute approximate surface area is 339 Å². The number of carbonyl (C=O) groups is 2. The van der Waals surface area contributed by atoms with Crippen molar-refractivity contribution in [1.29, 1.82) is 0 Å². The van der Waals surface area contributed by atoms with Gasteiger partial charge in [0.1, 0.15) is 43.2 Å². The van der Waals surface area contributed by atoms with E-state index in [-0.39, 0.29) is 12.8 Å². The average molecular weight is 867 g/mol. The molecule has 332 valence electrons. The van der Waals surface area contributed by atoms with Gasteiger partial charge in [-0.25, -0.2) is 9.13 Å². The van der Waals surface area contributed by atoms with Crippen LogP contribution >= 0.6 is 28.3 Å². The highest BCUT2D eigenvalue weighted by molar-refractivity contribution is 7.80. The molecule has 8 atom stereocenters. The van der Waals surface area contributed by atoms with Crippen molar-refractivity contribution in [1.82, 2.24) is 0 Å². The highest BCUT2D eigenvalue weighted by Gasteiger charge is 2.54. The molecule has 19 heteroatoms. The Kier molecular flexibility index (Phi) is 29.8. The number of hydrogen-bond acceptors (Lipinski definition) is 14. The Morgan fingerprint density at radius 1 is 0.554 bits per heavy atom. The van der Waals surface area contributed by atoms with Crippen molar-refractivity contribution >= 4 is 40.2 Å². The van der Waals surface area contributed by atoms with Crippen molar-refractivity contribution in [2.24, 2.45) is 0 Å². The van der Waals surface area contributed by atoms with Crippen molar-refractivity contribution in [2.45, 2.75) is 204 Å². The Bertz CT molecular complexity index is 1110. The fourth-order valence-corrected chi connectivity index (χ4v) is 8.24. The molecule has 4 unspecified atom stereocenters. The molecule has 0 amide bonds. The van der Waals surface area contributed by atoms with Crippen LogP contribution in [-0.2, 0) is 41.8 Å². The van der Waals surface area contributed by atoms with Crippen LogP contribution in [0.25, 0.3) is 0 Å². The predicted molar refractivity (Wildman–Crippen MR) is 213 cm³/mol. The summed E-state index contributed by atoms with van der Waals surface area (Å²) in [6.45, 7) is 0.901. The number of unbranched alkanes of at least 4 members (excludes halogenated alkanes) is 20. The Hall–Kier alpha value is -0.650. The monoisotopic (exact) mass is 866 g/mol. The molecule has 0 aliphatic heterocycles. The molecule has 1 aliphatic carbocycles. The molecule has 1 rings (SSSR count). The lowest BCUT2D eigenvalue weighted by molar-refractivity contribution is -0.216. The molecule has 56 heavy (non-hydrogen) atoms. The first-order valence-corrected chi connectivity index (χ1v) is 24.4. The quantitative estimate of drug-likeness (QED) is 0.0153. The standard InChI is InChI=1S/C37H72O16P2S/c1-2-3-4-5-6-7-8-9-10-12-16-19-22-25-31(39)51-29(27-49-30(38)24-21-18-15-13-11-14-17-20-23-26-56)28-50-55(47,48)53-37-34(42)32(40)36(33(41)35(37)43)52-54(44,45)46/h29,32-37,40-43,56H,2-28H2,1H3,(H,47,48)(H2,44,45,46)/t29-,32-,33+,34+,35?,36?,37?/m1/s1. The third-order valence-electron chi connectivity index (χ3n) is 9.74. The van der Waals surface area contributed by atoms with Crippen molar-refractivity contribution in [3.05, 3.63) is 0 Å². The maximum absolute atomic E-state index is 12.9. The number of phosphoric acid groups is 2. The van der Waals surface area contributed by atoms with Gasteiger partial charge in [0.25, 0.3) is 0 Å². The summed E-state index contributed by atoms with van der Waals surface area (Å²) in [4.78, 5) is 53.7. The van der Waals surface area contributed by atoms with Crippen LogP contribution in [0.15, 0.2) is 0 Å². The second kappa shape index (κ2) is 31.3. The van der Waals surface area contributed by atoms with Crippen LogP contribution in [0.1, 0.15) is 161 Å². The molecule has 0 heterocycles. The zero-order valence-electron chi connectivity index (χ0n) is 33.3. The van der Waals surface area contributed by atoms with E-state index in [1.54, 1.807) is 0 Å². The molecule has 1 fully saturated rings. The smallest absolute Gasteiger partial charge is 0.462 e. The van der Waals surface area contributed by atoms with Gasteiger partial charge in [-0.2, -0.15) is 12.6 Å². The van der Waals surface area contributed by atoms with E-state index in [4.69, 9.17) is 28.3 Å². The number of aliphatic hydroxyl groups excluding tert-OH is 4. The van der Waals surface area contributed by atoms with Crippen molar-refractivity contribution in [2.75, 3.05) is 19.0 Å². The molecule has 0 aromatic rings. The van der Waals surface area contributed by atoms with Gasteiger partial charge in [-0.05, 0) is 25.0 Å². The van der Waals surface area contributed by atoms with Crippen LogP contribution in [-0.4, -0.2) is 109 Å². The predicted octanol–water partition coefficient (Wildman–Crippen LogP) is 6.19. The molecule has 0 aromatic carbocycles. The van der Waals surface area contributed by atoms with E-state index in [2.05, 4.69) is 24.1 Å². The Balaban J connectivity index is 2.63. The fraction of sp³-hybridized carbons (Fsp3) is 0.946. The Morgan fingerprint density at radius 3 is 1.34 bits per heavy atom. The number of carbonyl (C=O) groups excluding carboxylic acids is 2. The van der Waals surface area contributed by atoms with Crippen molar-refractivity contribution in [3.63, 3.8) is 0 Å². The van der Waals surface area contributed by atoms with Gasteiger partial charge in [0.2, 0.25) is 0 Å². The highest BCUT2D eigenvalue weighted by atomic mass is 32.1. The summed E-state index contributed by atoms with van der Waals surface area (Å²) in [5.74, 6) is -0.292. The van der Waals surface area contributed by atoms with Gasteiger partial charge in [-0.15, -0.1) is 0 Å². The summed E-state index contributed by atoms with van der Waals surface area (Å²) >= 11 is 4.22. The van der Waals surface area contributed by atoms with Gasteiger partial charge in [0, 0.05) is 12.8 Å². The molecule has 7 N–H and O–H groups in total. The van der Waals surface area contributed by atoms with E-state index < -0.39 is 83.5 Å². The molecule has 0 aromatic heterocycles. The van der Waals surface area contributed by atoms with Crippen LogP contribution in [0.5, 0.6) is 0 Å². The Morgan fingerprint density at radius 2 is 0.929 bits per heavy atom. The number of rotatable bonds is 35. The van der Waals surface area contributed by atoms with Gasteiger partial charge < -0.3 is 44.6 Å². The molecular formula is C37H72O16P2S. The summed E-state index contributed by atoms with van der Waals surface area (Å²) in [7, 11) is -10.6. The van der Waals surface area contributed by atoms with Crippen molar-refractivity contribution in [3.8, 4) is 0 Å². The summed E-state index contributed by atoms with van der Waals surface area (Å²) < 4.78 is 48.9. The summed E-state index contributed by atoms with van der Waals surface area (Å²) in [6.07, 6.45) is 9.36. The highest BCUT2D eigenvalue weighted by Crippen LogP contribution is 2.48. The largest absolute Gasteiger partial charge is 0.472 e. The van der Waals surface area contributed by atoms with E-state index in [1.165, 1.54) is 70.6 Å². The molecule has 0 spiro atoms. The minimum absolute atomic E-state index is 0.0543. The summed E-state index contributed by atoms with van der Waals surface area (Å²) in [6, 6.07) is 0. The van der Waals surface area contributed by atoms with E-state index in [9.17, 15) is 44.0 Å². The van der Waals surface area contributed by atoms with Gasteiger partial charge >= 0.3 is 27.6 Å². The molecule has 0 saturated heterocycles. The summed E-state index contributed by atoms with van der Waals surface area (Å²) in [5, 5.41) is 41.3. The fourth-order valence-electron chi connectivity index (χ4n) is 6.48. The SMILES string of the molecule is CCCCCCCCCCCCCCCC(=O)O[C@H](COC(=O)CCCCCCCCCCCS)COP(=O)(O)OC1C(O)[C@H](O)C(OP(=O)(O)O)[C@H](O)[C@@H]1O. The van der Waals surface area contributed by atoms with Crippen molar-refractivity contribution < 1.29 is 76.9 Å². The zero-order chi connectivity index (χ0) is 41.8. The van der Waals surface area contributed by atoms with Gasteiger partial charge in [-0.3, -0.25) is 23.2 Å². The molecule has 0 radical (unpaired) electrons. The second-order valence-electron chi connectivity index (χ2n) is 14.8. The topological polar surface area (TPSA) is 256 Å². The van der Waals surface area contributed by atoms with Crippen LogP contribution < -0.4 is 0 Å². The van der Waals surface area contributed by atoms with Crippen LogP contribution in [0.3, 0.4) is 0 Å². The third-order valence-corrected chi connectivity index (χ3v) is 11.6. The maximum Gasteiger partial charge on any atom is 0.472 e. The lowest BCUT2D eigenvalue weighted by Gasteiger charge is -2.43. The second-order valence-corrected chi connectivity index (χ2v) is 17.8. The van der Waals surface area contributed by atoms with Gasteiger partial charge in [0.15, 0.2) is 6.10 Å². The minimum atomic E-state index is -5.30. The van der Waals surface area contributed by atoms with Crippen LogP contribution in [0.4, 0.5) is 0 Å². The lowest BCUT2D eigenvalue weighted by Crippen LogP contribution is -2.64. The molecule has 16 nitrogen and oxygen atoms in total.